The first kappa shape index (κ1) is 23.4. The molecule has 0 aliphatic rings. The van der Waals surface area contributed by atoms with E-state index in [4.69, 9.17) is 9.47 Å². The van der Waals surface area contributed by atoms with Gasteiger partial charge in [0.1, 0.15) is 24.6 Å². The van der Waals surface area contributed by atoms with Crippen molar-refractivity contribution in [2.24, 2.45) is 5.41 Å². The fraction of sp³-hybridized carbons (Fsp3) is 0.538. The third-order valence-corrected chi connectivity index (χ3v) is 5.35. The minimum absolute atomic E-state index is 0.156. The molecular formula is C26H40NO2+. The minimum Gasteiger partial charge on any atom is -0.491 e. The number of hydrogen-bond donors (Lipinski definition) is 0. The van der Waals surface area contributed by atoms with Gasteiger partial charge in [0.05, 0.1) is 27.3 Å². The molecule has 0 heterocycles. The lowest BCUT2D eigenvalue weighted by Gasteiger charge is -2.33. The molecule has 0 fully saturated rings. The van der Waals surface area contributed by atoms with Gasteiger partial charge in [-0.05, 0) is 47.1 Å². The molecule has 0 radical (unpaired) electrons. The van der Waals surface area contributed by atoms with Gasteiger partial charge in [-0.15, -0.1) is 0 Å². The van der Waals surface area contributed by atoms with Crippen molar-refractivity contribution in [2.75, 3.05) is 40.5 Å². The lowest BCUT2D eigenvalue weighted by molar-refractivity contribution is 0.0895. The summed E-state index contributed by atoms with van der Waals surface area (Å²) in [5.41, 5.74) is 3.12. The zero-order valence-corrected chi connectivity index (χ0v) is 19.5. The minimum atomic E-state index is 0.156. The van der Waals surface area contributed by atoms with Gasteiger partial charge in [-0.3, -0.25) is 4.48 Å². The number of rotatable bonds is 10. The van der Waals surface area contributed by atoms with Gasteiger partial charge in [0.2, 0.25) is 0 Å². The molecule has 0 spiro atoms. The van der Waals surface area contributed by atoms with E-state index in [1.807, 2.05) is 0 Å². The van der Waals surface area contributed by atoms with E-state index in [1.54, 1.807) is 0 Å². The van der Waals surface area contributed by atoms with Gasteiger partial charge in [-0.1, -0.05) is 65.0 Å². The molecule has 3 heteroatoms. The van der Waals surface area contributed by atoms with E-state index in [1.165, 1.54) is 11.3 Å². The topological polar surface area (TPSA) is 18.5 Å². The number of benzene rings is 2. The van der Waals surface area contributed by atoms with Crippen LogP contribution in [0, 0.1) is 5.41 Å². The lowest BCUT2D eigenvalue weighted by atomic mass is 9.72. The maximum absolute atomic E-state index is 5.86. The summed E-state index contributed by atoms with van der Waals surface area (Å²) in [6.07, 6.45) is 1.14. The second-order valence-corrected chi connectivity index (χ2v) is 10.4. The highest BCUT2D eigenvalue weighted by molar-refractivity contribution is 5.41. The van der Waals surface area contributed by atoms with Crippen LogP contribution in [0.15, 0.2) is 54.6 Å². The molecule has 0 saturated carbocycles. The van der Waals surface area contributed by atoms with E-state index in [2.05, 4.69) is 103 Å². The number of ether oxygens (including phenoxy) is 2. The van der Waals surface area contributed by atoms with Crippen molar-refractivity contribution in [3.63, 3.8) is 0 Å². The van der Waals surface area contributed by atoms with Crippen LogP contribution in [0.1, 0.15) is 46.6 Å². The van der Waals surface area contributed by atoms with Crippen molar-refractivity contribution in [2.45, 2.75) is 46.5 Å². The summed E-state index contributed by atoms with van der Waals surface area (Å²) in [6.45, 7) is 14.3. The molecule has 2 aromatic carbocycles. The largest absolute Gasteiger partial charge is 0.491 e. The van der Waals surface area contributed by atoms with Crippen LogP contribution in [0.4, 0.5) is 5.69 Å². The van der Waals surface area contributed by atoms with E-state index >= 15 is 0 Å². The molecule has 3 nitrogen and oxygen atoms in total. The smallest absolute Gasteiger partial charge is 0.132 e. The number of para-hydroxylation sites is 1. The highest BCUT2D eigenvalue weighted by Crippen LogP contribution is 2.36. The Hall–Kier alpha value is -1.84. The molecule has 0 aliphatic carbocycles. The molecule has 0 saturated heterocycles. The highest BCUT2D eigenvalue weighted by atomic mass is 16.5. The number of hydrogen-bond acceptors (Lipinski definition) is 2. The van der Waals surface area contributed by atoms with Crippen LogP contribution in [0.5, 0.6) is 5.75 Å². The van der Waals surface area contributed by atoms with E-state index < -0.39 is 0 Å². The van der Waals surface area contributed by atoms with Gasteiger partial charge in [0.25, 0.3) is 0 Å². The summed E-state index contributed by atoms with van der Waals surface area (Å²) in [5.74, 6) is 0.907. The van der Waals surface area contributed by atoms with Gasteiger partial charge in [-0.25, -0.2) is 0 Å². The maximum atomic E-state index is 5.86. The summed E-state index contributed by atoms with van der Waals surface area (Å²) in [4.78, 5) is 0. The van der Waals surface area contributed by atoms with Gasteiger partial charge in [-0.2, -0.15) is 0 Å². The van der Waals surface area contributed by atoms with Crippen molar-refractivity contribution in [1.82, 2.24) is 4.48 Å². The molecule has 0 amide bonds. The van der Waals surface area contributed by atoms with Crippen molar-refractivity contribution < 1.29 is 9.47 Å². The van der Waals surface area contributed by atoms with E-state index in [9.17, 15) is 0 Å². The number of quaternary nitrogens is 1. The molecule has 0 atom stereocenters. The van der Waals surface area contributed by atoms with Gasteiger partial charge < -0.3 is 9.47 Å². The molecule has 0 unspecified atom stereocenters. The predicted octanol–water partition coefficient (Wildman–Crippen LogP) is 6.06. The zero-order valence-electron chi connectivity index (χ0n) is 19.5. The zero-order chi connectivity index (χ0) is 21.5. The molecule has 0 aromatic heterocycles. The van der Waals surface area contributed by atoms with Crippen LogP contribution in [-0.2, 0) is 10.2 Å². The quantitative estimate of drug-likeness (QED) is 0.357. The molecular weight excluding hydrogens is 358 g/mol. The SMILES string of the molecule is CC(C)(C)CC(C)(C)c1ccc(OCCOCC[N+](C)(C)c2ccccc2)cc1. The third kappa shape index (κ3) is 7.83. The van der Waals surface area contributed by atoms with E-state index in [0.717, 1.165) is 23.2 Å². The Balaban J connectivity index is 1.72. The first-order valence-electron chi connectivity index (χ1n) is 10.7. The molecule has 0 bridgehead atoms. The number of likely N-dealkylation sites (N-methyl/N-ethyl adjacent to an activating group) is 1. The normalized spacial score (nSPS) is 12.8. The standard InChI is InChI=1S/C26H40NO2/c1-25(2,3)21-26(4,5)22-13-15-24(16-14-22)29-20-19-28-18-17-27(6,7)23-11-9-8-10-12-23/h8-16H,17-21H2,1-7H3/q+1. The van der Waals surface area contributed by atoms with E-state index in [0.29, 0.717) is 25.2 Å². The van der Waals surface area contributed by atoms with Crippen LogP contribution in [0.2, 0.25) is 0 Å². The van der Waals surface area contributed by atoms with Crippen molar-refractivity contribution in [3.8, 4) is 5.75 Å². The van der Waals surface area contributed by atoms with Crippen molar-refractivity contribution in [3.05, 3.63) is 60.2 Å². The average Bonchev–Trinajstić information content (AvgIpc) is 2.64. The summed E-state index contributed by atoms with van der Waals surface area (Å²) in [5, 5.41) is 0. The maximum Gasteiger partial charge on any atom is 0.132 e. The molecule has 0 aliphatic heterocycles. The summed E-state index contributed by atoms with van der Waals surface area (Å²) < 4.78 is 12.5. The number of nitrogens with zero attached hydrogens (tertiary/aromatic N) is 1. The molecule has 160 valence electrons. The lowest BCUT2D eigenvalue weighted by Crippen LogP contribution is -2.43. The fourth-order valence-corrected chi connectivity index (χ4v) is 4.00. The summed E-state index contributed by atoms with van der Waals surface area (Å²) in [6, 6.07) is 19.1. The second kappa shape index (κ2) is 9.77. The molecule has 29 heavy (non-hydrogen) atoms. The third-order valence-electron chi connectivity index (χ3n) is 5.35. The van der Waals surface area contributed by atoms with Crippen LogP contribution in [0.3, 0.4) is 0 Å². The van der Waals surface area contributed by atoms with Crippen molar-refractivity contribution in [1.29, 1.82) is 0 Å². The van der Waals surface area contributed by atoms with Crippen LogP contribution in [0.25, 0.3) is 0 Å². The molecule has 2 aromatic rings. The Bertz CT molecular complexity index is 728. The second-order valence-electron chi connectivity index (χ2n) is 10.4. The van der Waals surface area contributed by atoms with E-state index in [-0.39, 0.29) is 5.41 Å². The monoisotopic (exact) mass is 398 g/mol. The Morgan fingerprint density at radius 1 is 0.759 bits per heavy atom. The Morgan fingerprint density at radius 2 is 1.38 bits per heavy atom. The van der Waals surface area contributed by atoms with Crippen LogP contribution < -0.4 is 9.22 Å². The molecule has 2 rings (SSSR count). The average molecular weight is 399 g/mol. The highest BCUT2D eigenvalue weighted by Gasteiger charge is 2.27. The van der Waals surface area contributed by atoms with Crippen LogP contribution in [-0.4, -0.2) is 40.5 Å². The fourth-order valence-electron chi connectivity index (χ4n) is 4.00. The van der Waals surface area contributed by atoms with Gasteiger partial charge in [0, 0.05) is 0 Å². The Kier molecular flexibility index (Phi) is 7.90. The predicted molar refractivity (Wildman–Crippen MR) is 125 cm³/mol. The molecule has 0 N–H and O–H groups in total. The van der Waals surface area contributed by atoms with Crippen LogP contribution >= 0.6 is 0 Å². The Labute approximate surface area is 178 Å². The van der Waals surface area contributed by atoms with Crippen molar-refractivity contribution >= 4 is 5.69 Å². The summed E-state index contributed by atoms with van der Waals surface area (Å²) in [7, 11) is 4.41. The first-order chi connectivity index (χ1) is 13.5. The van der Waals surface area contributed by atoms with Gasteiger partial charge >= 0.3 is 0 Å². The Morgan fingerprint density at radius 3 is 1.97 bits per heavy atom. The summed E-state index contributed by atoms with van der Waals surface area (Å²) >= 11 is 0. The first-order valence-corrected chi connectivity index (χ1v) is 10.7. The van der Waals surface area contributed by atoms with Gasteiger partial charge in [0.15, 0.2) is 0 Å².